The van der Waals surface area contributed by atoms with Crippen molar-refractivity contribution in [1.82, 2.24) is 5.32 Å². The van der Waals surface area contributed by atoms with Crippen molar-refractivity contribution in [2.24, 2.45) is 0 Å². The summed E-state index contributed by atoms with van der Waals surface area (Å²) in [6.45, 7) is 2.28. The van der Waals surface area contributed by atoms with Gasteiger partial charge in [0.05, 0.1) is 17.6 Å². The van der Waals surface area contributed by atoms with Crippen LogP contribution in [0.1, 0.15) is 26.2 Å². The molecule has 0 radical (unpaired) electrons. The van der Waals surface area contributed by atoms with Crippen molar-refractivity contribution in [3.05, 3.63) is 24.3 Å². The Morgan fingerprint density at radius 1 is 1.38 bits per heavy atom. The van der Waals surface area contributed by atoms with Crippen LogP contribution in [0.4, 0.5) is 0 Å². The molecule has 0 spiro atoms. The molecular formula is C15H20N2O3S. The summed E-state index contributed by atoms with van der Waals surface area (Å²) in [7, 11) is -3.18. The van der Waals surface area contributed by atoms with Gasteiger partial charge < -0.3 is 4.74 Å². The number of nitrogens with one attached hydrogen (secondary N) is 1. The summed E-state index contributed by atoms with van der Waals surface area (Å²) in [5, 5.41) is 12.6. The predicted octanol–water partition coefficient (Wildman–Crippen LogP) is 1.89. The topological polar surface area (TPSA) is 79.2 Å². The monoisotopic (exact) mass is 308 g/mol. The molecule has 0 amide bonds. The van der Waals surface area contributed by atoms with Crippen molar-refractivity contribution in [2.75, 3.05) is 12.9 Å². The lowest BCUT2D eigenvalue weighted by molar-refractivity contribution is 0.266. The van der Waals surface area contributed by atoms with Crippen molar-refractivity contribution in [3.63, 3.8) is 0 Å². The molecule has 1 unspecified atom stereocenters. The summed E-state index contributed by atoms with van der Waals surface area (Å²) in [6, 6.07) is 9.07. The molecule has 1 aliphatic rings. The maximum absolute atomic E-state index is 11.4. The van der Waals surface area contributed by atoms with Gasteiger partial charge in [0.25, 0.3) is 0 Å². The number of sulfone groups is 1. The zero-order chi connectivity index (χ0) is 15.5. The Morgan fingerprint density at radius 3 is 2.48 bits per heavy atom. The smallest absolute Gasteiger partial charge is 0.175 e. The highest BCUT2D eigenvalue weighted by Gasteiger charge is 2.32. The standard InChI is InChI=1S/C15H20N2O3S/c1-15(11-16,17-12-3-4-12)9-10-20-13-5-7-14(8-6-13)21(2,18)19/h5-8,12,17H,3-4,9-10H2,1-2H3. The summed E-state index contributed by atoms with van der Waals surface area (Å²) in [5.41, 5.74) is -0.576. The molecule has 6 heteroatoms. The molecule has 0 bridgehead atoms. The minimum Gasteiger partial charge on any atom is -0.493 e. The van der Waals surface area contributed by atoms with Gasteiger partial charge in [-0.2, -0.15) is 5.26 Å². The average Bonchev–Trinajstić information content (AvgIpc) is 3.22. The second-order valence-electron chi connectivity index (χ2n) is 5.70. The summed E-state index contributed by atoms with van der Waals surface area (Å²) >= 11 is 0. The summed E-state index contributed by atoms with van der Waals surface area (Å²) in [6.07, 6.45) is 4.01. The van der Waals surface area contributed by atoms with E-state index in [1.54, 1.807) is 12.1 Å². The zero-order valence-electron chi connectivity index (χ0n) is 12.3. The van der Waals surface area contributed by atoms with Crippen molar-refractivity contribution in [2.45, 2.75) is 42.7 Å². The van der Waals surface area contributed by atoms with Crippen LogP contribution in [-0.4, -0.2) is 32.9 Å². The molecule has 0 saturated heterocycles. The molecule has 1 aromatic carbocycles. The Labute approximate surface area is 125 Å². The molecule has 21 heavy (non-hydrogen) atoms. The molecule has 1 N–H and O–H groups in total. The Balaban J connectivity index is 1.86. The molecule has 1 saturated carbocycles. The van der Waals surface area contributed by atoms with Crippen molar-refractivity contribution >= 4 is 9.84 Å². The van der Waals surface area contributed by atoms with E-state index in [1.165, 1.54) is 18.4 Å². The van der Waals surface area contributed by atoms with E-state index in [-0.39, 0.29) is 4.90 Å². The van der Waals surface area contributed by atoms with Crippen LogP contribution in [-0.2, 0) is 9.84 Å². The van der Waals surface area contributed by atoms with Crippen molar-refractivity contribution < 1.29 is 13.2 Å². The molecule has 0 heterocycles. The van der Waals surface area contributed by atoms with Gasteiger partial charge in [0.2, 0.25) is 0 Å². The first kappa shape index (κ1) is 15.8. The minimum atomic E-state index is -3.18. The summed E-state index contributed by atoms with van der Waals surface area (Å²) in [4.78, 5) is 0.270. The van der Waals surface area contributed by atoms with E-state index in [2.05, 4.69) is 11.4 Å². The lowest BCUT2D eigenvalue weighted by Crippen LogP contribution is -2.43. The number of hydrogen-bond donors (Lipinski definition) is 1. The second-order valence-corrected chi connectivity index (χ2v) is 7.72. The third-order valence-corrected chi connectivity index (χ3v) is 4.60. The van der Waals surface area contributed by atoms with Crippen LogP contribution < -0.4 is 10.1 Å². The van der Waals surface area contributed by atoms with Gasteiger partial charge in [-0.1, -0.05) is 0 Å². The van der Waals surface area contributed by atoms with E-state index in [9.17, 15) is 13.7 Å². The largest absolute Gasteiger partial charge is 0.493 e. The molecule has 2 rings (SSSR count). The number of hydrogen-bond acceptors (Lipinski definition) is 5. The fraction of sp³-hybridized carbons (Fsp3) is 0.533. The number of nitrogens with zero attached hydrogens (tertiary/aromatic N) is 1. The van der Waals surface area contributed by atoms with Gasteiger partial charge in [-0.15, -0.1) is 0 Å². The highest BCUT2D eigenvalue weighted by Crippen LogP contribution is 2.24. The third-order valence-electron chi connectivity index (χ3n) is 3.47. The number of rotatable bonds is 7. The summed E-state index contributed by atoms with van der Waals surface area (Å²) in [5.74, 6) is 0.606. The first-order valence-electron chi connectivity index (χ1n) is 6.94. The van der Waals surface area contributed by atoms with Crippen LogP contribution in [0.15, 0.2) is 29.2 Å². The summed E-state index contributed by atoms with van der Waals surface area (Å²) < 4.78 is 28.3. The van der Waals surface area contributed by atoms with Crippen LogP contribution in [0.3, 0.4) is 0 Å². The van der Waals surface area contributed by atoms with Gasteiger partial charge in [-0.05, 0) is 44.0 Å². The van der Waals surface area contributed by atoms with Crippen LogP contribution in [0, 0.1) is 11.3 Å². The van der Waals surface area contributed by atoms with Crippen LogP contribution in [0.2, 0.25) is 0 Å². The SMILES string of the molecule is CC(C#N)(CCOc1ccc(S(C)(=O)=O)cc1)NC1CC1. The normalized spacial score (nSPS) is 17.8. The first-order chi connectivity index (χ1) is 9.82. The maximum atomic E-state index is 11.4. The molecule has 1 aliphatic carbocycles. The second kappa shape index (κ2) is 6.04. The molecule has 5 nitrogen and oxygen atoms in total. The average molecular weight is 308 g/mol. The molecule has 0 aliphatic heterocycles. The van der Waals surface area contributed by atoms with E-state index in [1.807, 2.05) is 6.92 Å². The Bertz CT molecular complexity index is 630. The number of ether oxygens (including phenoxy) is 1. The van der Waals surface area contributed by atoms with Crippen molar-refractivity contribution in [3.8, 4) is 11.8 Å². The van der Waals surface area contributed by atoms with E-state index in [4.69, 9.17) is 4.74 Å². The van der Waals surface area contributed by atoms with Gasteiger partial charge >= 0.3 is 0 Å². The van der Waals surface area contributed by atoms with Gasteiger partial charge in [0, 0.05) is 18.7 Å². The predicted molar refractivity (Wildman–Crippen MR) is 79.8 cm³/mol. The number of benzene rings is 1. The highest BCUT2D eigenvalue weighted by atomic mass is 32.2. The van der Waals surface area contributed by atoms with E-state index in [0.29, 0.717) is 24.8 Å². The van der Waals surface area contributed by atoms with Crippen molar-refractivity contribution in [1.29, 1.82) is 5.26 Å². The molecule has 114 valence electrons. The highest BCUT2D eigenvalue weighted by molar-refractivity contribution is 7.90. The maximum Gasteiger partial charge on any atom is 0.175 e. The molecule has 1 fully saturated rings. The fourth-order valence-electron chi connectivity index (χ4n) is 1.99. The van der Waals surface area contributed by atoms with Crippen LogP contribution in [0.25, 0.3) is 0 Å². The van der Waals surface area contributed by atoms with Gasteiger partial charge in [-0.3, -0.25) is 5.32 Å². The van der Waals surface area contributed by atoms with Crippen LogP contribution >= 0.6 is 0 Å². The van der Waals surface area contributed by atoms with Gasteiger partial charge in [-0.25, -0.2) is 8.42 Å². The fourth-order valence-corrected chi connectivity index (χ4v) is 2.63. The van der Waals surface area contributed by atoms with Gasteiger partial charge in [0.1, 0.15) is 11.3 Å². The van der Waals surface area contributed by atoms with E-state index in [0.717, 1.165) is 12.8 Å². The zero-order valence-corrected chi connectivity index (χ0v) is 13.1. The molecular weight excluding hydrogens is 288 g/mol. The minimum absolute atomic E-state index is 0.270. The molecule has 1 aromatic rings. The first-order valence-corrected chi connectivity index (χ1v) is 8.83. The Morgan fingerprint density at radius 2 is 2.00 bits per heavy atom. The third kappa shape index (κ3) is 4.73. The van der Waals surface area contributed by atoms with E-state index < -0.39 is 15.4 Å². The molecule has 0 aromatic heterocycles. The van der Waals surface area contributed by atoms with E-state index >= 15 is 0 Å². The Kier molecular flexibility index (Phi) is 4.55. The lowest BCUT2D eigenvalue weighted by atomic mass is 10.0. The van der Waals surface area contributed by atoms with Gasteiger partial charge in [0.15, 0.2) is 9.84 Å². The number of nitriles is 1. The Hall–Kier alpha value is -1.58. The lowest BCUT2D eigenvalue weighted by Gasteiger charge is -2.23. The quantitative estimate of drug-likeness (QED) is 0.832. The molecule has 1 atom stereocenters. The van der Waals surface area contributed by atoms with Crippen LogP contribution in [0.5, 0.6) is 5.75 Å².